The lowest BCUT2D eigenvalue weighted by atomic mass is 10.1. The van der Waals surface area contributed by atoms with Crippen LogP contribution in [0.25, 0.3) is 0 Å². The summed E-state index contributed by atoms with van der Waals surface area (Å²) in [5, 5.41) is 5.13. The van der Waals surface area contributed by atoms with Crippen molar-refractivity contribution in [3.05, 3.63) is 16.9 Å². The van der Waals surface area contributed by atoms with Gasteiger partial charge in [-0.2, -0.15) is 5.10 Å². The van der Waals surface area contributed by atoms with E-state index in [9.17, 15) is 0 Å². The molecule has 2 nitrogen and oxygen atoms in total. The normalized spacial score (nSPS) is 18.1. The first-order chi connectivity index (χ1) is 7.59. The van der Waals surface area contributed by atoms with Gasteiger partial charge in [0.05, 0.1) is 16.9 Å². The van der Waals surface area contributed by atoms with Gasteiger partial charge in [-0.15, -0.1) is 0 Å². The first-order valence-corrected chi connectivity index (χ1v) is 7.25. The number of hydrogen-bond donors (Lipinski definition) is 0. The monoisotopic (exact) mass is 304 g/mol. The predicted octanol–water partition coefficient (Wildman–Crippen LogP) is 4.22. The second-order valence-corrected chi connectivity index (χ2v) is 6.45. The van der Waals surface area contributed by atoms with E-state index in [-0.39, 0.29) is 0 Å². The van der Waals surface area contributed by atoms with Gasteiger partial charge in [0.2, 0.25) is 0 Å². The summed E-state index contributed by atoms with van der Waals surface area (Å²) >= 11 is 9.93. The molecule has 1 aliphatic rings. The quantitative estimate of drug-likeness (QED) is 0.745. The molecule has 2 rings (SSSR count). The van der Waals surface area contributed by atoms with Crippen LogP contribution in [-0.4, -0.2) is 14.6 Å². The minimum Gasteiger partial charge on any atom is -0.266 e. The Kier molecular flexibility index (Phi) is 3.96. The Bertz CT molecular complexity index is 358. The number of aromatic nitrogens is 2. The molecule has 0 aliphatic heterocycles. The van der Waals surface area contributed by atoms with Crippen LogP contribution in [-0.2, 0) is 6.42 Å². The van der Waals surface area contributed by atoms with Gasteiger partial charge in [0.1, 0.15) is 0 Å². The number of hydrogen-bond acceptors (Lipinski definition) is 1. The standard InChI is InChI=1S/C12H18BrClN2/c1-8(2)16-12(11(14)7-15-16)6-5-10(13)9-3-4-9/h7-10H,3-6H2,1-2H3. The molecule has 16 heavy (non-hydrogen) atoms. The van der Waals surface area contributed by atoms with Gasteiger partial charge in [0, 0.05) is 10.9 Å². The third kappa shape index (κ3) is 2.80. The fraction of sp³-hybridized carbons (Fsp3) is 0.750. The summed E-state index contributed by atoms with van der Waals surface area (Å²) in [6.45, 7) is 4.28. The molecule has 1 saturated carbocycles. The third-order valence-electron chi connectivity index (χ3n) is 3.13. The molecule has 1 unspecified atom stereocenters. The van der Waals surface area contributed by atoms with E-state index >= 15 is 0 Å². The molecule has 0 bridgehead atoms. The lowest BCUT2D eigenvalue weighted by molar-refractivity contribution is 0.502. The van der Waals surface area contributed by atoms with Gasteiger partial charge < -0.3 is 0 Å². The molecule has 0 spiro atoms. The highest BCUT2D eigenvalue weighted by Gasteiger charge is 2.29. The lowest BCUT2D eigenvalue weighted by Gasteiger charge is -2.13. The summed E-state index contributed by atoms with van der Waals surface area (Å²) in [6.07, 6.45) is 6.70. The molecule has 1 fully saturated rings. The number of nitrogens with zero attached hydrogens (tertiary/aromatic N) is 2. The number of alkyl halides is 1. The molecule has 1 aliphatic carbocycles. The Balaban J connectivity index is 1.99. The molecule has 0 N–H and O–H groups in total. The number of rotatable bonds is 5. The highest BCUT2D eigenvalue weighted by molar-refractivity contribution is 9.09. The predicted molar refractivity (Wildman–Crippen MR) is 71.4 cm³/mol. The van der Waals surface area contributed by atoms with E-state index in [0.29, 0.717) is 10.9 Å². The van der Waals surface area contributed by atoms with Crippen molar-refractivity contribution in [2.45, 2.75) is 50.4 Å². The molecule has 0 amide bonds. The lowest BCUT2D eigenvalue weighted by Crippen LogP contribution is -2.10. The van der Waals surface area contributed by atoms with E-state index in [2.05, 4.69) is 34.9 Å². The minimum atomic E-state index is 0.386. The Labute approximate surface area is 110 Å². The van der Waals surface area contributed by atoms with Crippen molar-refractivity contribution in [1.29, 1.82) is 0 Å². The number of halogens is 2. The van der Waals surface area contributed by atoms with Crippen molar-refractivity contribution in [2.24, 2.45) is 5.92 Å². The van der Waals surface area contributed by atoms with Crippen LogP contribution in [0.4, 0.5) is 0 Å². The Morgan fingerprint density at radius 1 is 1.56 bits per heavy atom. The van der Waals surface area contributed by atoms with Crippen LogP contribution >= 0.6 is 27.5 Å². The van der Waals surface area contributed by atoms with Gasteiger partial charge in [-0.25, -0.2) is 0 Å². The SMILES string of the molecule is CC(C)n1ncc(Cl)c1CCC(Br)C1CC1. The van der Waals surface area contributed by atoms with E-state index in [1.54, 1.807) is 6.20 Å². The van der Waals surface area contributed by atoms with Gasteiger partial charge in [0.15, 0.2) is 0 Å². The van der Waals surface area contributed by atoms with E-state index in [1.807, 2.05) is 4.68 Å². The van der Waals surface area contributed by atoms with Gasteiger partial charge in [-0.1, -0.05) is 27.5 Å². The Morgan fingerprint density at radius 3 is 2.81 bits per heavy atom. The molecule has 4 heteroatoms. The second-order valence-electron chi connectivity index (χ2n) is 4.87. The van der Waals surface area contributed by atoms with Crippen molar-refractivity contribution >= 4 is 27.5 Å². The molecule has 0 aromatic carbocycles. The maximum Gasteiger partial charge on any atom is 0.0817 e. The molecule has 1 atom stereocenters. The molecule has 1 aromatic rings. The van der Waals surface area contributed by atoms with E-state index < -0.39 is 0 Å². The average molecular weight is 306 g/mol. The van der Waals surface area contributed by atoms with E-state index in [1.165, 1.54) is 18.5 Å². The van der Waals surface area contributed by atoms with Crippen molar-refractivity contribution in [1.82, 2.24) is 9.78 Å². The first-order valence-electron chi connectivity index (χ1n) is 5.95. The van der Waals surface area contributed by atoms with E-state index in [4.69, 9.17) is 11.6 Å². The van der Waals surface area contributed by atoms with Gasteiger partial charge >= 0.3 is 0 Å². The summed E-state index contributed by atoms with van der Waals surface area (Å²) in [5.74, 6) is 0.897. The van der Waals surface area contributed by atoms with Crippen LogP contribution in [0.3, 0.4) is 0 Å². The zero-order valence-electron chi connectivity index (χ0n) is 9.79. The van der Waals surface area contributed by atoms with Crippen molar-refractivity contribution < 1.29 is 0 Å². The van der Waals surface area contributed by atoms with Crippen LogP contribution in [0.2, 0.25) is 5.02 Å². The zero-order chi connectivity index (χ0) is 11.7. The van der Waals surface area contributed by atoms with Gasteiger partial charge in [0.25, 0.3) is 0 Å². The second kappa shape index (κ2) is 5.09. The van der Waals surface area contributed by atoms with Crippen LogP contribution in [0.1, 0.15) is 44.8 Å². The molecule has 1 heterocycles. The largest absolute Gasteiger partial charge is 0.266 e. The third-order valence-corrected chi connectivity index (χ3v) is 4.65. The van der Waals surface area contributed by atoms with E-state index in [0.717, 1.165) is 23.8 Å². The zero-order valence-corrected chi connectivity index (χ0v) is 12.1. The summed E-state index contributed by atoms with van der Waals surface area (Å²) in [5.41, 5.74) is 1.18. The fourth-order valence-electron chi connectivity index (χ4n) is 2.01. The molecule has 0 saturated heterocycles. The smallest absolute Gasteiger partial charge is 0.0817 e. The van der Waals surface area contributed by atoms with Crippen LogP contribution in [0.5, 0.6) is 0 Å². The molecular formula is C12H18BrClN2. The first kappa shape index (κ1) is 12.4. The van der Waals surface area contributed by atoms with Gasteiger partial charge in [-0.3, -0.25) is 4.68 Å². The Morgan fingerprint density at radius 2 is 2.25 bits per heavy atom. The molecule has 90 valence electrons. The Hall–Kier alpha value is -0.0200. The van der Waals surface area contributed by atoms with Crippen molar-refractivity contribution in [2.75, 3.05) is 0 Å². The average Bonchev–Trinajstić information content (AvgIpc) is 3.00. The van der Waals surface area contributed by atoms with Crippen molar-refractivity contribution in [3.63, 3.8) is 0 Å². The summed E-state index contributed by atoms with van der Waals surface area (Å²) in [6, 6.07) is 0.386. The highest BCUT2D eigenvalue weighted by atomic mass is 79.9. The molecule has 1 aromatic heterocycles. The van der Waals surface area contributed by atoms with Crippen molar-refractivity contribution in [3.8, 4) is 0 Å². The van der Waals surface area contributed by atoms with Crippen LogP contribution in [0.15, 0.2) is 6.20 Å². The minimum absolute atomic E-state index is 0.386. The van der Waals surface area contributed by atoms with Crippen LogP contribution < -0.4 is 0 Å². The maximum atomic E-state index is 6.17. The van der Waals surface area contributed by atoms with Crippen LogP contribution in [0, 0.1) is 5.92 Å². The topological polar surface area (TPSA) is 17.8 Å². The maximum absolute atomic E-state index is 6.17. The summed E-state index contributed by atoms with van der Waals surface area (Å²) in [7, 11) is 0. The highest BCUT2D eigenvalue weighted by Crippen LogP contribution is 2.39. The summed E-state index contributed by atoms with van der Waals surface area (Å²) in [4.78, 5) is 0.652. The summed E-state index contributed by atoms with van der Waals surface area (Å²) < 4.78 is 2.04. The molecular weight excluding hydrogens is 288 g/mol. The van der Waals surface area contributed by atoms with Gasteiger partial charge in [-0.05, 0) is 45.4 Å². The fourth-order valence-corrected chi connectivity index (χ4v) is 3.00. The molecule has 0 radical (unpaired) electrons.